The van der Waals surface area contributed by atoms with Crippen molar-refractivity contribution >= 4 is 5.97 Å². The van der Waals surface area contributed by atoms with Crippen LogP contribution in [0.15, 0.2) is 48.5 Å². The minimum absolute atomic E-state index is 0.206. The largest absolute Gasteiger partial charge is 0.466 e. The summed E-state index contributed by atoms with van der Waals surface area (Å²) in [6.45, 7) is 4.27. The van der Waals surface area contributed by atoms with Crippen LogP contribution in [0.25, 0.3) is 11.1 Å². The Labute approximate surface area is 125 Å². The fraction of sp³-hybridized carbons (Fsp3) is 0.278. The molecule has 3 heteroatoms. The van der Waals surface area contributed by atoms with Crippen LogP contribution >= 0.6 is 0 Å². The summed E-state index contributed by atoms with van der Waals surface area (Å²) >= 11 is 0. The molecule has 0 fully saturated rings. The van der Waals surface area contributed by atoms with E-state index in [0.717, 1.165) is 11.1 Å². The smallest absolute Gasteiger partial charge is 0.307 e. The number of esters is 1. The molecular formula is C18H21NO2. The van der Waals surface area contributed by atoms with Gasteiger partial charge in [0.2, 0.25) is 0 Å². The van der Waals surface area contributed by atoms with Crippen molar-refractivity contribution < 1.29 is 9.53 Å². The number of hydrogen-bond acceptors (Lipinski definition) is 3. The van der Waals surface area contributed by atoms with Crippen LogP contribution in [0.5, 0.6) is 0 Å². The summed E-state index contributed by atoms with van der Waals surface area (Å²) in [6.07, 6.45) is 0.206. The first-order chi connectivity index (χ1) is 10.1. The van der Waals surface area contributed by atoms with E-state index in [4.69, 9.17) is 10.5 Å². The van der Waals surface area contributed by atoms with Gasteiger partial charge in [-0.25, -0.2) is 0 Å². The van der Waals surface area contributed by atoms with Crippen LogP contribution in [0, 0.1) is 6.92 Å². The third-order valence-corrected chi connectivity index (χ3v) is 3.49. The normalized spacial score (nSPS) is 12.0. The zero-order chi connectivity index (χ0) is 15.2. The number of carbonyl (C=O) groups excluding carboxylic acids is 1. The number of aryl methyl sites for hydroxylation is 1. The van der Waals surface area contributed by atoms with Crippen LogP contribution in [0.4, 0.5) is 0 Å². The first-order valence-corrected chi connectivity index (χ1v) is 7.19. The van der Waals surface area contributed by atoms with Crippen LogP contribution < -0.4 is 5.73 Å². The molecule has 3 nitrogen and oxygen atoms in total. The van der Waals surface area contributed by atoms with E-state index in [0.29, 0.717) is 6.61 Å². The fourth-order valence-corrected chi connectivity index (χ4v) is 2.32. The molecule has 0 aliphatic heterocycles. The van der Waals surface area contributed by atoms with E-state index < -0.39 is 0 Å². The van der Waals surface area contributed by atoms with E-state index in [-0.39, 0.29) is 18.4 Å². The summed E-state index contributed by atoms with van der Waals surface area (Å²) in [5.74, 6) is -0.256. The monoisotopic (exact) mass is 283 g/mol. The molecule has 110 valence electrons. The van der Waals surface area contributed by atoms with Crippen LogP contribution in [0.1, 0.15) is 30.5 Å². The minimum atomic E-state index is -0.324. The highest BCUT2D eigenvalue weighted by Crippen LogP contribution is 2.25. The number of rotatable bonds is 5. The van der Waals surface area contributed by atoms with E-state index in [1.807, 2.05) is 36.4 Å². The molecule has 2 N–H and O–H groups in total. The van der Waals surface area contributed by atoms with Gasteiger partial charge in [-0.2, -0.15) is 0 Å². The van der Waals surface area contributed by atoms with E-state index in [2.05, 4.69) is 19.1 Å². The molecule has 0 aromatic heterocycles. The molecule has 0 saturated carbocycles. The molecule has 2 aromatic rings. The molecule has 1 unspecified atom stereocenters. The zero-order valence-electron chi connectivity index (χ0n) is 12.5. The summed E-state index contributed by atoms with van der Waals surface area (Å²) < 4.78 is 4.92. The number of hydrogen-bond donors (Lipinski definition) is 1. The topological polar surface area (TPSA) is 52.3 Å². The Morgan fingerprint density at radius 1 is 1.14 bits per heavy atom. The van der Waals surface area contributed by atoms with Crippen molar-refractivity contribution in [1.82, 2.24) is 0 Å². The van der Waals surface area contributed by atoms with Gasteiger partial charge in [0.25, 0.3) is 0 Å². The predicted molar refractivity (Wildman–Crippen MR) is 84.8 cm³/mol. The number of carbonyl (C=O) groups is 1. The molecular weight excluding hydrogens is 262 g/mol. The lowest BCUT2D eigenvalue weighted by Crippen LogP contribution is -2.17. The van der Waals surface area contributed by atoms with E-state index in [1.54, 1.807) is 6.92 Å². The Hall–Kier alpha value is -2.13. The first kappa shape index (κ1) is 15.3. The van der Waals surface area contributed by atoms with Gasteiger partial charge >= 0.3 is 5.97 Å². The average Bonchev–Trinajstić information content (AvgIpc) is 2.48. The molecule has 0 bridgehead atoms. The summed E-state index contributed by atoms with van der Waals surface area (Å²) in [7, 11) is 0. The molecule has 2 rings (SSSR count). The molecule has 2 aromatic carbocycles. The Morgan fingerprint density at radius 2 is 1.81 bits per heavy atom. The Balaban J connectivity index is 2.12. The lowest BCUT2D eigenvalue weighted by atomic mass is 9.97. The summed E-state index contributed by atoms with van der Waals surface area (Å²) in [5, 5.41) is 0. The van der Waals surface area contributed by atoms with Gasteiger partial charge in [-0.05, 0) is 36.1 Å². The molecule has 0 saturated heterocycles. The van der Waals surface area contributed by atoms with Crippen LogP contribution in [-0.4, -0.2) is 12.6 Å². The van der Waals surface area contributed by atoms with Crippen molar-refractivity contribution in [3.05, 3.63) is 59.7 Å². The van der Waals surface area contributed by atoms with E-state index in [1.165, 1.54) is 11.1 Å². The van der Waals surface area contributed by atoms with Crippen molar-refractivity contribution in [2.24, 2.45) is 5.73 Å². The summed E-state index contributed by atoms with van der Waals surface area (Å²) in [6, 6.07) is 16.0. The predicted octanol–water partition coefficient (Wildman–Crippen LogP) is 3.62. The maximum absolute atomic E-state index is 11.5. The van der Waals surface area contributed by atoms with Gasteiger partial charge in [0.1, 0.15) is 0 Å². The van der Waals surface area contributed by atoms with Crippen LogP contribution in [0.3, 0.4) is 0 Å². The molecule has 1 atom stereocenters. The van der Waals surface area contributed by atoms with Crippen molar-refractivity contribution in [2.45, 2.75) is 26.3 Å². The molecule has 0 amide bonds. The van der Waals surface area contributed by atoms with E-state index in [9.17, 15) is 4.79 Å². The van der Waals surface area contributed by atoms with Gasteiger partial charge < -0.3 is 10.5 Å². The van der Waals surface area contributed by atoms with Crippen molar-refractivity contribution in [3.63, 3.8) is 0 Å². The molecule has 21 heavy (non-hydrogen) atoms. The van der Waals surface area contributed by atoms with Crippen molar-refractivity contribution in [3.8, 4) is 11.1 Å². The second kappa shape index (κ2) is 7.04. The first-order valence-electron chi connectivity index (χ1n) is 7.19. The standard InChI is InChI=1S/C18H21NO2/c1-3-21-18(20)12-17(19)15-10-8-14(9-11-15)16-7-5-4-6-13(16)2/h4-11,17H,3,12,19H2,1-2H3. The van der Waals surface area contributed by atoms with Gasteiger partial charge in [-0.1, -0.05) is 48.5 Å². The van der Waals surface area contributed by atoms with Gasteiger partial charge in [0, 0.05) is 6.04 Å². The third kappa shape index (κ3) is 3.92. The summed E-state index contributed by atoms with van der Waals surface area (Å²) in [5.41, 5.74) is 10.6. The van der Waals surface area contributed by atoms with Gasteiger partial charge in [0.15, 0.2) is 0 Å². The average molecular weight is 283 g/mol. The molecule has 0 aliphatic carbocycles. The van der Waals surface area contributed by atoms with Gasteiger partial charge in [-0.15, -0.1) is 0 Å². The van der Waals surface area contributed by atoms with Crippen LogP contribution in [-0.2, 0) is 9.53 Å². The van der Waals surface area contributed by atoms with Crippen LogP contribution in [0.2, 0.25) is 0 Å². The van der Waals surface area contributed by atoms with Gasteiger partial charge in [-0.3, -0.25) is 4.79 Å². The highest BCUT2D eigenvalue weighted by Gasteiger charge is 2.12. The lowest BCUT2D eigenvalue weighted by Gasteiger charge is -2.12. The number of ether oxygens (including phenoxy) is 1. The lowest BCUT2D eigenvalue weighted by molar-refractivity contribution is -0.143. The number of benzene rings is 2. The summed E-state index contributed by atoms with van der Waals surface area (Å²) in [4.78, 5) is 11.5. The molecule has 0 heterocycles. The second-order valence-electron chi connectivity index (χ2n) is 5.05. The Kier molecular flexibility index (Phi) is 5.12. The van der Waals surface area contributed by atoms with Crippen molar-refractivity contribution in [1.29, 1.82) is 0 Å². The molecule has 0 aliphatic rings. The number of nitrogens with two attached hydrogens (primary N) is 1. The highest BCUT2D eigenvalue weighted by molar-refractivity contribution is 5.71. The quantitative estimate of drug-likeness (QED) is 0.853. The van der Waals surface area contributed by atoms with Gasteiger partial charge in [0.05, 0.1) is 13.0 Å². The maximum Gasteiger partial charge on any atom is 0.307 e. The minimum Gasteiger partial charge on any atom is -0.466 e. The highest BCUT2D eigenvalue weighted by atomic mass is 16.5. The SMILES string of the molecule is CCOC(=O)CC(N)c1ccc(-c2ccccc2C)cc1. The third-order valence-electron chi connectivity index (χ3n) is 3.49. The zero-order valence-corrected chi connectivity index (χ0v) is 12.5. The second-order valence-corrected chi connectivity index (χ2v) is 5.05. The Morgan fingerprint density at radius 3 is 2.43 bits per heavy atom. The molecule has 0 spiro atoms. The fourth-order valence-electron chi connectivity index (χ4n) is 2.32. The maximum atomic E-state index is 11.5. The Bertz CT molecular complexity index is 605. The molecule has 0 radical (unpaired) electrons. The van der Waals surface area contributed by atoms with E-state index >= 15 is 0 Å². The van der Waals surface area contributed by atoms with Crippen molar-refractivity contribution in [2.75, 3.05) is 6.61 Å².